The minimum absolute atomic E-state index is 0.250. The largest absolute Gasteiger partial charge is 0.459 e. The smallest absolute Gasteiger partial charge is 0.323 e. The van der Waals surface area contributed by atoms with Gasteiger partial charge in [-0.2, -0.15) is 0 Å². The average molecular weight is 318 g/mol. The Labute approximate surface area is 130 Å². The second-order valence-corrected chi connectivity index (χ2v) is 6.54. The summed E-state index contributed by atoms with van der Waals surface area (Å²) in [5.74, 6) is -0.250. The van der Waals surface area contributed by atoms with Crippen LogP contribution in [0, 0.1) is 0 Å². The molecule has 0 bridgehead atoms. The summed E-state index contributed by atoms with van der Waals surface area (Å²) in [6.45, 7) is 7.99. The fourth-order valence-electron chi connectivity index (χ4n) is 1.62. The number of carbonyl (C=O) groups is 1. The summed E-state index contributed by atoms with van der Waals surface area (Å²) in [4.78, 5) is 11.8. The average Bonchev–Trinajstić information content (AvgIpc) is 2.29. The van der Waals surface area contributed by atoms with Gasteiger partial charge >= 0.3 is 5.97 Å². The maximum Gasteiger partial charge on any atom is 0.323 e. The predicted molar refractivity (Wildman–Crippen MR) is 83.5 cm³/mol. The van der Waals surface area contributed by atoms with E-state index in [1.165, 1.54) is 0 Å². The molecule has 0 amide bonds. The van der Waals surface area contributed by atoms with Crippen LogP contribution >= 0.6 is 23.2 Å². The first-order valence-electron chi connectivity index (χ1n) is 6.59. The second kappa shape index (κ2) is 7.30. The summed E-state index contributed by atoms with van der Waals surface area (Å²) in [5.41, 5.74) is 0.534. The first-order chi connectivity index (χ1) is 9.19. The Morgan fingerprint density at radius 2 is 2.00 bits per heavy atom. The fraction of sp³-hybridized carbons (Fsp3) is 0.533. The van der Waals surface area contributed by atoms with Gasteiger partial charge in [0, 0.05) is 16.6 Å². The number of rotatable bonds is 5. The number of hydrogen-bond acceptors (Lipinski definition) is 3. The van der Waals surface area contributed by atoms with Crippen molar-refractivity contribution in [3.05, 3.63) is 33.8 Å². The number of esters is 1. The van der Waals surface area contributed by atoms with Crippen LogP contribution in [0.15, 0.2) is 18.2 Å². The quantitative estimate of drug-likeness (QED) is 0.838. The molecule has 0 saturated carbocycles. The molecule has 1 unspecified atom stereocenters. The Bertz CT molecular complexity index is 469. The predicted octanol–water partition coefficient (Wildman–Crippen LogP) is 3.86. The molecule has 0 aliphatic rings. The molecule has 0 aromatic heterocycles. The number of nitrogens with one attached hydrogen (secondary N) is 1. The van der Waals surface area contributed by atoms with E-state index in [-0.39, 0.29) is 12.0 Å². The standard InChI is InChI=1S/C15H21Cl2NO2/c1-10(14(19)20-15(2,3)4)18-8-7-11-5-6-12(16)9-13(11)17/h5-6,9-10,18H,7-8H2,1-4H3. The molecule has 0 fully saturated rings. The molecule has 3 nitrogen and oxygen atoms in total. The molecule has 1 atom stereocenters. The lowest BCUT2D eigenvalue weighted by Gasteiger charge is -2.22. The van der Waals surface area contributed by atoms with Crippen molar-refractivity contribution in [3.63, 3.8) is 0 Å². The van der Waals surface area contributed by atoms with Gasteiger partial charge in [0.25, 0.3) is 0 Å². The summed E-state index contributed by atoms with van der Waals surface area (Å²) in [6, 6.07) is 5.07. The Hall–Kier alpha value is -0.770. The lowest BCUT2D eigenvalue weighted by molar-refractivity contribution is -0.156. The Balaban J connectivity index is 2.42. The summed E-state index contributed by atoms with van der Waals surface area (Å²) in [6.07, 6.45) is 0.725. The van der Waals surface area contributed by atoms with Gasteiger partial charge in [-0.1, -0.05) is 29.3 Å². The van der Waals surface area contributed by atoms with E-state index in [1.54, 1.807) is 19.1 Å². The Morgan fingerprint density at radius 1 is 1.35 bits per heavy atom. The Kier molecular flexibility index (Phi) is 6.31. The topological polar surface area (TPSA) is 38.3 Å². The molecule has 0 heterocycles. The van der Waals surface area contributed by atoms with Crippen molar-refractivity contribution >= 4 is 29.2 Å². The summed E-state index contributed by atoms with van der Waals surface area (Å²) < 4.78 is 5.30. The minimum atomic E-state index is -0.466. The molecule has 5 heteroatoms. The van der Waals surface area contributed by atoms with Gasteiger partial charge in [0.15, 0.2) is 0 Å². The van der Waals surface area contributed by atoms with Crippen LogP contribution in [0.5, 0.6) is 0 Å². The molecule has 0 spiro atoms. The third kappa shape index (κ3) is 6.12. The van der Waals surface area contributed by atoms with E-state index in [2.05, 4.69) is 5.32 Å². The summed E-state index contributed by atoms with van der Waals surface area (Å²) in [5, 5.41) is 4.39. The van der Waals surface area contributed by atoms with Gasteiger partial charge in [-0.25, -0.2) is 0 Å². The molecule has 0 aliphatic heterocycles. The highest BCUT2D eigenvalue weighted by atomic mass is 35.5. The second-order valence-electron chi connectivity index (χ2n) is 5.70. The molecule has 1 aromatic rings. The monoisotopic (exact) mass is 317 g/mol. The fourth-order valence-corrected chi connectivity index (χ4v) is 2.12. The molecular formula is C15H21Cl2NO2. The van der Waals surface area contributed by atoms with Crippen LogP contribution < -0.4 is 5.32 Å². The number of benzene rings is 1. The molecule has 1 N–H and O–H groups in total. The van der Waals surface area contributed by atoms with Crippen molar-refractivity contribution in [1.29, 1.82) is 0 Å². The normalized spacial score (nSPS) is 13.1. The first-order valence-corrected chi connectivity index (χ1v) is 7.35. The molecule has 0 radical (unpaired) electrons. The minimum Gasteiger partial charge on any atom is -0.459 e. The summed E-state index contributed by atoms with van der Waals surface area (Å²) >= 11 is 11.9. The molecular weight excluding hydrogens is 297 g/mol. The van der Waals surface area contributed by atoms with Crippen LogP contribution in [-0.2, 0) is 16.0 Å². The molecule has 1 rings (SSSR count). The van der Waals surface area contributed by atoms with E-state index in [1.807, 2.05) is 26.8 Å². The third-order valence-corrected chi connectivity index (χ3v) is 3.21. The van der Waals surface area contributed by atoms with Crippen LogP contribution in [0.2, 0.25) is 10.0 Å². The highest BCUT2D eigenvalue weighted by Gasteiger charge is 2.21. The number of ether oxygens (including phenoxy) is 1. The van der Waals surface area contributed by atoms with E-state index < -0.39 is 5.60 Å². The van der Waals surface area contributed by atoms with Crippen LogP contribution in [0.3, 0.4) is 0 Å². The van der Waals surface area contributed by atoms with Gasteiger partial charge in [0.1, 0.15) is 11.6 Å². The van der Waals surface area contributed by atoms with E-state index in [0.717, 1.165) is 12.0 Å². The molecule has 0 saturated heterocycles. The van der Waals surface area contributed by atoms with Crippen molar-refractivity contribution in [2.24, 2.45) is 0 Å². The van der Waals surface area contributed by atoms with Crippen molar-refractivity contribution in [2.75, 3.05) is 6.54 Å². The van der Waals surface area contributed by atoms with Gasteiger partial charge in [-0.05, 0) is 51.8 Å². The SMILES string of the molecule is CC(NCCc1ccc(Cl)cc1Cl)C(=O)OC(C)(C)C. The van der Waals surface area contributed by atoms with Crippen molar-refractivity contribution in [1.82, 2.24) is 5.32 Å². The van der Waals surface area contributed by atoms with Crippen molar-refractivity contribution in [2.45, 2.75) is 45.8 Å². The van der Waals surface area contributed by atoms with Gasteiger partial charge in [0.2, 0.25) is 0 Å². The van der Waals surface area contributed by atoms with E-state index >= 15 is 0 Å². The first kappa shape index (κ1) is 17.3. The number of carbonyl (C=O) groups excluding carboxylic acids is 1. The Morgan fingerprint density at radius 3 is 2.55 bits per heavy atom. The number of hydrogen-bond donors (Lipinski definition) is 1. The zero-order valence-electron chi connectivity index (χ0n) is 12.3. The molecule has 1 aromatic carbocycles. The number of halogens is 2. The van der Waals surface area contributed by atoms with Crippen molar-refractivity contribution in [3.8, 4) is 0 Å². The van der Waals surface area contributed by atoms with Gasteiger partial charge < -0.3 is 10.1 Å². The van der Waals surface area contributed by atoms with Crippen LogP contribution in [-0.4, -0.2) is 24.2 Å². The van der Waals surface area contributed by atoms with Crippen molar-refractivity contribution < 1.29 is 9.53 Å². The van der Waals surface area contributed by atoms with E-state index in [9.17, 15) is 4.79 Å². The maximum atomic E-state index is 11.8. The lowest BCUT2D eigenvalue weighted by atomic mass is 10.1. The van der Waals surface area contributed by atoms with E-state index in [4.69, 9.17) is 27.9 Å². The highest BCUT2D eigenvalue weighted by Crippen LogP contribution is 2.21. The van der Waals surface area contributed by atoms with Gasteiger partial charge in [-0.15, -0.1) is 0 Å². The highest BCUT2D eigenvalue weighted by molar-refractivity contribution is 6.35. The molecule has 0 aliphatic carbocycles. The van der Waals surface area contributed by atoms with Gasteiger partial charge in [-0.3, -0.25) is 4.79 Å². The van der Waals surface area contributed by atoms with Crippen LogP contribution in [0.4, 0.5) is 0 Å². The van der Waals surface area contributed by atoms with Gasteiger partial charge in [0.05, 0.1) is 0 Å². The lowest BCUT2D eigenvalue weighted by Crippen LogP contribution is -2.40. The molecule has 20 heavy (non-hydrogen) atoms. The van der Waals surface area contributed by atoms with Crippen LogP contribution in [0.25, 0.3) is 0 Å². The van der Waals surface area contributed by atoms with E-state index in [0.29, 0.717) is 16.6 Å². The zero-order valence-corrected chi connectivity index (χ0v) is 13.8. The summed E-state index contributed by atoms with van der Waals surface area (Å²) in [7, 11) is 0. The maximum absolute atomic E-state index is 11.8. The third-order valence-electron chi connectivity index (χ3n) is 2.62. The zero-order chi connectivity index (χ0) is 15.3. The van der Waals surface area contributed by atoms with Crippen LogP contribution in [0.1, 0.15) is 33.3 Å². The molecule has 112 valence electrons.